The molecule has 0 unspecified atom stereocenters. The minimum atomic E-state index is -1.97. The van der Waals surface area contributed by atoms with Crippen molar-refractivity contribution in [1.29, 1.82) is 0 Å². The first-order valence-corrected chi connectivity index (χ1v) is 2.00. The highest BCUT2D eigenvalue weighted by atomic mass is 16.5. The molecule has 0 aromatic heterocycles. The SMILES string of the molecule is C/C(O)=C(\O)C(O)O. The quantitative estimate of drug-likeness (QED) is 0.281. The number of rotatable bonds is 1. The fraction of sp³-hybridized carbons (Fsp3) is 0.500. The Balaban J connectivity index is 4.00. The fourth-order valence-electron chi connectivity index (χ4n) is 0.187. The molecule has 0 heterocycles. The van der Waals surface area contributed by atoms with Gasteiger partial charge in [-0.15, -0.1) is 0 Å². The molecule has 4 nitrogen and oxygen atoms in total. The van der Waals surface area contributed by atoms with Crippen LogP contribution in [0, 0.1) is 0 Å². The van der Waals surface area contributed by atoms with Crippen LogP contribution < -0.4 is 0 Å². The van der Waals surface area contributed by atoms with Crippen LogP contribution in [0.25, 0.3) is 0 Å². The largest absolute Gasteiger partial charge is 0.509 e. The first kappa shape index (κ1) is 7.26. The van der Waals surface area contributed by atoms with Gasteiger partial charge in [0.25, 0.3) is 0 Å². The van der Waals surface area contributed by atoms with E-state index in [-0.39, 0.29) is 0 Å². The van der Waals surface area contributed by atoms with Gasteiger partial charge < -0.3 is 20.4 Å². The topological polar surface area (TPSA) is 80.9 Å². The summed E-state index contributed by atoms with van der Waals surface area (Å²) in [7, 11) is 0. The van der Waals surface area contributed by atoms with Crippen molar-refractivity contribution in [1.82, 2.24) is 0 Å². The molecular weight excluding hydrogens is 112 g/mol. The van der Waals surface area contributed by atoms with Crippen LogP contribution in [0.4, 0.5) is 0 Å². The standard InChI is InChI=1S/C4H8O4/c1-2(5)3(6)4(7)8/h4-8H,1H3/b3-2+. The van der Waals surface area contributed by atoms with E-state index >= 15 is 0 Å². The molecule has 0 rings (SSSR count). The monoisotopic (exact) mass is 120 g/mol. The van der Waals surface area contributed by atoms with Crippen LogP contribution in [0.3, 0.4) is 0 Å². The van der Waals surface area contributed by atoms with Gasteiger partial charge in [-0.05, 0) is 6.92 Å². The lowest BCUT2D eigenvalue weighted by Gasteiger charge is -2.00. The zero-order valence-electron chi connectivity index (χ0n) is 4.37. The van der Waals surface area contributed by atoms with Crippen molar-refractivity contribution in [3.8, 4) is 0 Å². The minimum absolute atomic E-state index is 0.486. The van der Waals surface area contributed by atoms with E-state index in [0.29, 0.717) is 0 Å². The Labute approximate surface area is 46.3 Å². The van der Waals surface area contributed by atoms with Crippen LogP contribution in [-0.2, 0) is 0 Å². The van der Waals surface area contributed by atoms with E-state index in [0.717, 1.165) is 6.92 Å². The Bertz CT molecular complexity index is 101. The lowest BCUT2D eigenvalue weighted by atomic mass is 10.4. The Morgan fingerprint density at radius 3 is 1.62 bits per heavy atom. The van der Waals surface area contributed by atoms with Gasteiger partial charge in [-0.1, -0.05) is 0 Å². The van der Waals surface area contributed by atoms with Crippen LogP contribution in [0.15, 0.2) is 11.5 Å². The molecular formula is C4H8O4. The summed E-state index contributed by atoms with van der Waals surface area (Å²) in [5.41, 5.74) is 0. The normalized spacial score (nSPS) is 14.0. The van der Waals surface area contributed by atoms with Gasteiger partial charge in [0.05, 0.1) is 0 Å². The van der Waals surface area contributed by atoms with Crippen molar-refractivity contribution >= 4 is 0 Å². The molecule has 0 bridgehead atoms. The second-order valence-electron chi connectivity index (χ2n) is 1.34. The summed E-state index contributed by atoms with van der Waals surface area (Å²) in [5, 5.41) is 32.8. The Hall–Kier alpha value is -0.740. The van der Waals surface area contributed by atoms with Crippen LogP contribution in [0.5, 0.6) is 0 Å². The lowest BCUT2D eigenvalue weighted by Crippen LogP contribution is -2.09. The highest BCUT2D eigenvalue weighted by Gasteiger charge is 2.05. The third-order valence-electron chi connectivity index (χ3n) is 0.615. The van der Waals surface area contributed by atoms with E-state index in [9.17, 15) is 0 Å². The van der Waals surface area contributed by atoms with Gasteiger partial charge in [0.2, 0.25) is 6.29 Å². The Kier molecular flexibility index (Phi) is 2.30. The highest BCUT2D eigenvalue weighted by molar-refractivity contribution is 4.96. The molecule has 4 N–H and O–H groups in total. The second kappa shape index (κ2) is 2.54. The van der Waals surface area contributed by atoms with Gasteiger partial charge in [0.15, 0.2) is 5.76 Å². The van der Waals surface area contributed by atoms with Crippen LogP contribution in [0.2, 0.25) is 0 Å². The Morgan fingerprint density at radius 1 is 1.25 bits per heavy atom. The molecule has 0 aliphatic carbocycles. The summed E-state index contributed by atoms with van der Waals surface area (Å²) >= 11 is 0. The van der Waals surface area contributed by atoms with Crippen molar-refractivity contribution in [3.05, 3.63) is 11.5 Å². The van der Waals surface area contributed by atoms with Gasteiger partial charge in [-0.25, -0.2) is 0 Å². The van der Waals surface area contributed by atoms with Crippen molar-refractivity contribution in [2.45, 2.75) is 13.2 Å². The molecule has 0 atom stereocenters. The van der Waals surface area contributed by atoms with Gasteiger partial charge in [0.1, 0.15) is 5.76 Å². The number of hydrogen-bond acceptors (Lipinski definition) is 4. The highest BCUT2D eigenvalue weighted by Crippen LogP contribution is 1.98. The maximum atomic E-state index is 8.33. The van der Waals surface area contributed by atoms with Gasteiger partial charge in [0, 0.05) is 0 Å². The fourth-order valence-corrected chi connectivity index (χ4v) is 0.187. The van der Waals surface area contributed by atoms with Gasteiger partial charge >= 0.3 is 0 Å². The van der Waals surface area contributed by atoms with E-state index in [1.807, 2.05) is 0 Å². The number of hydrogen-bond donors (Lipinski definition) is 4. The average molecular weight is 120 g/mol. The summed E-state index contributed by atoms with van der Waals surface area (Å²) in [5.74, 6) is -1.30. The average Bonchev–Trinajstić information content (AvgIpc) is 1.64. The summed E-state index contributed by atoms with van der Waals surface area (Å²) in [6.07, 6.45) is -1.97. The van der Waals surface area contributed by atoms with Crippen molar-refractivity contribution in [2.24, 2.45) is 0 Å². The molecule has 0 saturated carbocycles. The zero-order chi connectivity index (χ0) is 6.73. The van der Waals surface area contributed by atoms with E-state index in [4.69, 9.17) is 20.4 Å². The molecule has 0 saturated heterocycles. The molecule has 0 amide bonds. The summed E-state index contributed by atoms with van der Waals surface area (Å²) < 4.78 is 0. The third kappa shape index (κ3) is 1.81. The van der Waals surface area contributed by atoms with E-state index < -0.39 is 17.8 Å². The first-order chi connectivity index (χ1) is 3.55. The Morgan fingerprint density at radius 2 is 1.62 bits per heavy atom. The van der Waals surface area contributed by atoms with Crippen LogP contribution in [-0.4, -0.2) is 26.7 Å². The van der Waals surface area contributed by atoms with Crippen molar-refractivity contribution in [3.63, 3.8) is 0 Å². The van der Waals surface area contributed by atoms with Gasteiger partial charge in [-0.2, -0.15) is 0 Å². The summed E-state index contributed by atoms with van der Waals surface area (Å²) in [6, 6.07) is 0. The first-order valence-electron chi connectivity index (χ1n) is 2.00. The minimum Gasteiger partial charge on any atom is -0.509 e. The van der Waals surface area contributed by atoms with E-state index in [1.165, 1.54) is 0 Å². The molecule has 0 aromatic carbocycles. The van der Waals surface area contributed by atoms with Crippen molar-refractivity contribution < 1.29 is 20.4 Å². The molecule has 0 aromatic rings. The number of allylic oxidation sites excluding steroid dienone is 1. The molecule has 8 heavy (non-hydrogen) atoms. The van der Waals surface area contributed by atoms with Crippen LogP contribution in [0.1, 0.15) is 6.92 Å². The van der Waals surface area contributed by atoms with E-state index in [2.05, 4.69) is 0 Å². The van der Waals surface area contributed by atoms with Gasteiger partial charge in [-0.3, -0.25) is 0 Å². The predicted octanol–water partition coefficient (Wildman–Crippen LogP) is -0.355. The molecule has 48 valence electrons. The third-order valence-corrected chi connectivity index (χ3v) is 0.615. The zero-order valence-corrected chi connectivity index (χ0v) is 4.37. The van der Waals surface area contributed by atoms with E-state index in [1.54, 1.807) is 0 Å². The molecule has 0 spiro atoms. The maximum absolute atomic E-state index is 8.33. The lowest BCUT2D eigenvalue weighted by molar-refractivity contribution is -0.0416. The van der Waals surface area contributed by atoms with Crippen molar-refractivity contribution in [2.75, 3.05) is 0 Å². The maximum Gasteiger partial charge on any atom is 0.214 e. The second-order valence-corrected chi connectivity index (χ2v) is 1.34. The number of aliphatic hydroxyl groups excluding tert-OH is 3. The molecule has 0 radical (unpaired) electrons. The smallest absolute Gasteiger partial charge is 0.214 e. The number of aliphatic hydroxyl groups is 4. The summed E-state index contributed by atoms with van der Waals surface area (Å²) in [6.45, 7) is 1.15. The summed E-state index contributed by atoms with van der Waals surface area (Å²) in [4.78, 5) is 0. The predicted molar refractivity (Wildman–Crippen MR) is 26.2 cm³/mol. The molecule has 4 heteroatoms. The van der Waals surface area contributed by atoms with Crippen LogP contribution >= 0.6 is 0 Å². The molecule has 0 aliphatic rings. The molecule has 0 aliphatic heterocycles. The molecule has 0 fully saturated rings.